The molecule has 2 fully saturated rings. The molecule has 2 heterocycles. The van der Waals surface area contributed by atoms with Crippen LogP contribution in [0.5, 0.6) is 0 Å². The Kier molecular flexibility index (Phi) is 5.54. The van der Waals surface area contributed by atoms with Gasteiger partial charge in [0, 0.05) is 43.7 Å². The van der Waals surface area contributed by atoms with Crippen LogP contribution >= 0.6 is 11.6 Å². The van der Waals surface area contributed by atoms with Crippen LogP contribution in [0.15, 0.2) is 54.6 Å². The summed E-state index contributed by atoms with van der Waals surface area (Å²) in [7, 11) is 1.41. The number of hydrogen-bond acceptors (Lipinski definition) is 4. The molecule has 0 spiro atoms. The van der Waals surface area contributed by atoms with Gasteiger partial charge in [0.1, 0.15) is 6.54 Å². The van der Waals surface area contributed by atoms with Crippen LogP contribution in [0.4, 0.5) is 5.69 Å². The van der Waals surface area contributed by atoms with Crippen molar-refractivity contribution in [3.63, 3.8) is 0 Å². The van der Waals surface area contributed by atoms with E-state index in [0.29, 0.717) is 23.7 Å². The first-order valence-electron chi connectivity index (χ1n) is 10.0. The number of piperazine rings is 1. The normalized spacial score (nSPS) is 21.7. The van der Waals surface area contributed by atoms with E-state index in [9.17, 15) is 19.2 Å². The van der Waals surface area contributed by atoms with Crippen LogP contribution in [-0.4, -0.2) is 60.1 Å². The number of likely N-dealkylation sites (N-methyl/N-ethyl adjacent to an activating group) is 1. The first-order chi connectivity index (χ1) is 14.8. The van der Waals surface area contributed by atoms with Gasteiger partial charge in [-0.2, -0.15) is 0 Å². The fourth-order valence-electron chi connectivity index (χ4n) is 4.32. The molecule has 2 aromatic carbocycles. The molecule has 2 aromatic rings. The summed E-state index contributed by atoms with van der Waals surface area (Å²) in [5, 5.41) is 0.330. The molecule has 0 aromatic heterocycles. The van der Waals surface area contributed by atoms with Gasteiger partial charge < -0.3 is 9.80 Å². The Bertz CT molecular complexity index is 1060. The van der Waals surface area contributed by atoms with Crippen molar-refractivity contribution in [1.82, 2.24) is 9.80 Å². The smallest absolute Gasteiger partial charge is 0.246 e. The predicted octanol–water partition coefficient (Wildman–Crippen LogP) is 2.23. The van der Waals surface area contributed by atoms with E-state index in [-0.39, 0.29) is 37.1 Å². The van der Waals surface area contributed by atoms with E-state index in [4.69, 9.17) is 11.6 Å². The number of amides is 4. The molecule has 8 heteroatoms. The summed E-state index contributed by atoms with van der Waals surface area (Å²) in [5.41, 5.74) is -0.117. The molecule has 0 bridgehead atoms. The number of benzene rings is 2. The molecule has 4 amide bonds. The van der Waals surface area contributed by atoms with Gasteiger partial charge in [-0.05, 0) is 23.8 Å². The van der Waals surface area contributed by atoms with Crippen molar-refractivity contribution >= 4 is 40.9 Å². The number of likely N-dealkylation sites (tertiary alicyclic amines) is 1. The Labute approximate surface area is 185 Å². The monoisotopic (exact) mass is 439 g/mol. The minimum absolute atomic E-state index is 0.0791. The van der Waals surface area contributed by atoms with Crippen LogP contribution in [0.25, 0.3) is 0 Å². The van der Waals surface area contributed by atoms with Gasteiger partial charge in [0.25, 0.3) is 0 Å². The fraction of sp³-hybridized carbons (Fsp3) is 0.304. The minimum Gasteiger partial charge on any atom is -0.332 e. The summed E-state index contributed by atoms with van der Waals surface area (Å²) >= 11 is 6.37. The van der Waals surface area contributed by atoms with E-state index in [2.05, 4.69) is 0 Å². The molecule has 0 unspecified atom stereocenters. The molecule has 7 nitrogen and oxygen atoms in total. The number of nitrogens with zero attached hydrogens (tertiary/aromatic N) is 3. The Morgan fingerprint density at radius 3 is 2.26 bits per heavy atom. The quantitative estimate of drug-likeness (QED) is 0.684. The number of rotatable bonds is 4. The third-order valence-electron chi connectivity index (χ3n) is 6.02. The van der Waals surface area contributed by atoms with Crippen molar-refractivity contribution in [1.29, 1.82) is 0 Å². The number of carbonyl (C=O) groups excluding carboxylic acids is 4. The lowest BCUT2D eigenvalue weighted by Gasteiger charge is -2.36. The highest BCUT2D eigenvalue weighted by atomic mass is 35.5. The van der Waals surface area contributed by atoms with Crippen molar-refractivity contribution in [2.75, 3.05) is 31.6 Å². The summed E-state index contributed by atoms with van der Waals surface area (Å²) in [5.74, 6) is -1.35. The second-order valence-corrected chi connectivity index (χ2v) is 8.28. The third-order valence-corrected chi connectivity index (χ3v) is 6.35. The number of halogens is 1. The highest BCUT2D eigenvalue weighted by Gasteiger charge is 2.54. The third kappa shape index (κ3) is 3.70. The van der Waals surface area contributed by atoms with Gasteiger partial charge in [0.05, 0.1) is 5.41 Å². The highest BCUT2D eigenvalue weighted by Crippen LogP contribution is 2.42. The van der Waals surface area contributed by atoms with Gasteiger partial charge >= 0.3 is 0 Å². The van der Waals surface area contributed by atoms with Crippen molar-refractivity contribution in [3.05, 3.63) is 65.2 Å². The lowest BCUT2D eigenvalue weighted by molar-refractivity contribution is -0.142. The van der Waals surface area contributed by atoms with Crippen molar-refractivity contribution in [3.8, 4) is 0 Å². The van der Waals surface area contributed by atoms with Gasteiger partial charge in [0.15, 0.2) is 0 Å². The summed E-state index contributed by atoms with van der Waals surface area (Å²) in [6.45, 7) is 0.626. The van der Waals surface area contributed by atoms with E-state index >= 15 is 0 Å². The molecule has 2 saturated heterocycles. The molecule has 0 radical (unpaired) electrons. The first kappa shape index (κ1) is 21.1. The zero-order chi connectivity index (χ0) is 22.2. The van der Waals surface area contributed by atoms with E-state index in [1.165, 1.54) is 11.9 Å². The van der Waals surface area contributed by atoms with E-state index in [1.54, 1.807) is 29.2 Å². The summed E-state index contributed by atoms with van der Waals surface area (Å²) in [6.07, 6.45) is -0.347. The second-order valence-electron chi connectivity index (χ2n) is 7.87. The zero-order valence-corrected chi connectivity index (χ0v) is 17.8. The van der Waals surface area contributed by atoms with Crippen LogP contribution in [0.1, 0.15) is 18.4 Å². The Balaban J connectivity index is 1.57. The van der Waals surface area contributed by atoms with Gasteiger partial charge in [-0.15, -0.1) is 0 Å². The highest BCUT2D eigenvalue weighted by molar-refractivity contribution is 6.32. The zero-order valence-electron chi connectivity index (χ0n) is 17.1. The van der Waals surface area contributed by atoms with Gasteiger partial charge in [-0.25, -0.2) is 0 Å². The average molecular weight is 440 g/mol. The molecule has 0 aliphatic carbocycles. The predicted molar refractivity (Wildman–Crippen MR) is 116 cm³/mol. The van der Waals surface area contributed by atoms with E-state index in [0.717, 1.165) is 10.6 Å². The first-order valence-corrected chi connectivity index (χ1v) is 10.4. The number of anilines is 1. The summed E-state index contributed by atoms with van der Waals surface area (Å²) in [4.78, 5) is 55.6. The largest absolute Gasteiger partial charge is 0.332 e. The lowest BCUT2D eigenvalue weighted by Crippen LogP contribution is -2.54. The number of hydrogen-bond donors (Lipinski definition) is 0. The van der Waals surface area contributed by atoms with Crippen molar-refractivity contribution in [2.24, 2.45) is 0 Å². The number of para-hydroxylation sites is 1. The molecule has 31 heavy (non-hydrogen) atoms. The van der Waals surface area contributed by atoms with Gasteiger partial charge in [-0.3, -0.25) is 24.1 Å². The number of carbonyl (C=O) groups is 4. The lowest BCUT2D eigenvalue weighted by atomic mass is 9.75. The Morgan fingerprint density at radius 1 is 0.968 bits per heavy atom. The maximum absolute atomic E-state index is 13.2. The molecule has 0 N–H and O–H groups in total. The number of imide groups is 1. The maximum Gasteiger partial charge on any atom is 0.246 e. The summed E-state index contributed by atoms with van der Waals surface area (Å²) < 4.78 is 0. The molecule has 160 valence electrons. The summed E-state index contributed by atoms with van der Waals surface area (Å²) in [6, 6.07) is 16.1. The molecular formula is C23H22ClN3O4. The van der Waals surface area contributed by atoms with Crippen LogP contribution in [0.2, 0.25) is 5.02 Å². The molecule has 2 aliphatic heterocycles. The Hall–Kier alpha value is -3.19. The fourth-order valence-corrected chi connectivity index (χ4v) is 4.63. The average Bonchev–Trinajstić information content (AvgIpc) is 2.98. The topological polar surface area (TPSA) is 78.0 Å². The standard InChI is InChI=1S/C23H22ClN3O4/c1-25-19(28)13-23(22(25)31,17-9-5-6-10-18(17)24)14-20(29)26-11-12-27(21(30)15-26)16-7-3-2-4-8-16/h2-10H,11-15H2,1H3/t23-/m0/s1. The van der Waals surface area contributed by atoms with Crippen LogP contribution in [0.3, 0.4) is 0 Å². The maximum atomic E-state index is 13.2. The molecule has 4 rings (SSSR count). The van der Waals surface area contributed by atoms with E-state index < -0.39 is 11.3 Å². The van der Waals surface area contributed by atoms with E-state index in [1.807, 2.05) is 30.3 Å². The SMILES string of the molecule is CN1C(=O)C[C@](CC(=O)N2CCN(c3ccccc3)C(=O)C2)(c2ccccc2Cl)C1=O. The minimum atomic E-state index is -1.36. The molecular weight excluding hydrogens is 418 g/mol. The molecule has 2 aliphatic rings. The molecule has 1 atom stereocenters. The van der Waals surface area contributed by atoms with Crippen LogP contribution in [0, 0.1) is 0 Å². The van der Waals surface area contributed by atoms with Gasteiger partial charge in [0.2, 0.25) is 23.6 Å². The molecule has 0 saturated carbocycles. The van der Waals surface area contributed by atoms with Crippen LogP contribution < -0.4 is 4.90 Å². The van der Waals surface area contributed by atoms with Crippen LogP contribution in [-0.2, 0) is 24.6 Å². The van der Waals surface area contributed by atoms with Crippen molar-refractivity contribution in [2.45, 2.75) is 18.3 Å². The second kappa shape index (κ2) is 8.15. The van der Waals surface area contributed by atoms with Crippen molar-refractivity contribution < 1.29 is 19.2 Å². The Morgan fingerprint density at radius 2 is 1.65 bits per heavy atom. The van der Waals surface area contributed by atoms with Gasteiger partial charge in [-0.1, -0.05) is 48.0 Å².